The molecule has 0 aliphatic heterocycles. The molecule has 1 N–H and O–H groups in total. The number of nitrogens with zero attached hydrogens (tertiary/aromatic N) is 1. The van der Waals surface area contributed by atoms with Crippen molar-refractivity contribution in [3.8, 4) is 11.4 Å². The van der Waals surface area contributed by atoms with Crippen molar-refractivity contribution in [3.63, 3.8) is 0 Å². The van der Waals surface area contributed by atoms with Gasteiger partial charge in [0.05, 0.1) is 18.5 Å². The molecule has 1 aromatic heterocycles. The van der Waals surface area contributed by atoms with E-state index in [1.165, 1.54) is 11.7 Å². The van der Waals surface area contributed by atoms with Crippen molar-refractivity contribution in [2.45, 2.75) is 6.92 Å². The molecule has 0 amide bonds. The van der Waals surface area contributed by atoms with E-state index in [2.05, 4.69) is 4.98 Å². The van der Waals surface area contributed by atoms with Crippen molar-refractivity contribution in [2.24, 2.45) is 0 Å². The fraction of sp³-hybridized carbons (Fsp3) is 0.167. The van der Waals surface area contributed by atoms with E-state index in [1.54, 1.807) is 6.92 Å². The summed E-state index contributed by atoms with van der Waals surface area (Å²) in [5.41, 5.74) is 1.10. The Balaban J connectivity index is 2.80. The van der Waals surface area contributed by atoms with Crippen LogP contribution in [-0.4, -0.2) is 16.7 Å². The van der Waals surface area contributed by atoms with Crippen LogP contribution in [0.1, 0.15) is 5.69 Å². The van der Waals surface area contributed by atoms with Gasteiger partial charge in [-0.05, 0) is 31.3 Å². The molecule has 0 unspecified atom stereocenters. The lowest BCUT2D eigenvalue weighted by atomic mass is 10.3. The molecular weight excluding hydrogens is 236 g/mol. The lowest BCUT2D eigenvalue weighted by Gasteiger charge is -2.10. The molecule has 0 saturated heterocycles. The number of nitrogens with one attached hydrogen (secondary N) is 1. The fourth-order valence-electron chi connectivity index (χ4n) is 1.68. The Morgan fingerprint density at radius 2 is 1.94 bits per heavy atom. The van der Waals surface area contributed by atoms with Gasteiger partial charge in [0.15, 0.2) is 4.77 Å². The van der Waals surface area contributed by atoms with E-state index < -0.39 is 0 Å². The number of H-pyrrole nitrogens is 1. The summed E-state index contributed by atoms with van der Waals surface area (Å²) in [5, 5.41) is 0. The number of aromatic amines is 1. The molecular formula is C12H12N2O2S. The zero-order valence-electron chi connectivity index (χ0n) is 9.56. The van der Waals surface area contributed by atoms with Crippen LogP contribution in [0.15, 0.2) is 35.1 Å². The minimum absolute atomic E-state index is 0.250. The predicted molar refractivity (Wildman–Crippen MR) is 68.5 cm³/mol. The zero-order valence-corrected chi connectivity index (χ0v) is 10.4. The lowest BCUT2D eigenvalue weighted by Crippen LogP contribution is -2.22. The van der Waals surface area contributed by atoms with Crippen LogP contribution in [0, 0.1) is 11.7 Å². The topological polar surface area (TPSA) is 47.0 Å². The molecule has 0 spiro atoms. The SMILES string of the molecule is COc1c(C)[nH]c(=S)n(-c2ccccc2)c1=O. The number of rotatable bonds is 2. The standard InChI is InChI=1S/C12H12N2O2S/c1-8-10(16-2)11(15)14(12(17)13-8)9-6-4-3-5-7-9/h3-7H,1-2H3,(H,13,17). The van der Waals surface area contributed by atoms with Crippen LogP contribution in [0.25, 0.3) is 5.69 Å². The summed E-state index contributed by atoms with van der Waals surface area (Å²) >= 11 is 5.17. The van der Waals surface area contributed by atoms with Crippen LogP contribution in [0.5, 0.6) is 5.75 Å². The second-order valence-electron chi connectivity index (χ2n) is 3.56. The summed E-state index contributed by atoms with van der Waals surface area (Å²) in [4.78, 5) is 15.1. The third kappa shape index (κ3) is 2.01. The monoisotopic (exact) mass is 248 g/mol. The molecule has 0 aliphatic carbocycles. The van der Waals surface area contributed by atoms with E-state index in [9.17, 15) is 4.79 Å². The second-order valence-corrected chi connectivity index (χ2v) is 3.95. The summed E-state index contributed by atoms with van der Waals surface area (Å²) < 4.78 is 6.86. The van der Waals surface area contributed by atoms with Gasteiger partial charge in [-0.25, -0.2) is 0 Å². The van der Waals surface area contributed by atoms with Gasteiger partial charge in [-0.2, -0.15) is 0 Å². The first-order valence-corrected chi connectivity index (χ1v) is 5.51. The van der Waals surface area contributed by atoms with Crippen LogP contribution in [0.3, 0.4) is 0 Å². The summed E-state index contributed by atoms with van der Waals surface area (Å²) in [7, 11) is 1.47. The van der Waals surface area contributed by atoms with Crippen LogP contribution >= 0.6 is 12.2 Å². The van der Waals surface area contributed by atoms with Crippen molar-refractivity contribution >= 4 is 12.2 Å². The molecule has 2 rings (SSSR count). The van der Waals surface area contributed by atoms with E-state index in [0.717, 1.165) is 5.69 Å². The van der Waals surface area contributed by atoms with E-state index in [0.29, 0.717) is 10.5 Å². The minimum atomic E-state index is -0.250. The highest BCUT2D eigenvalue weighted by atomic mass is 32.1. The maximum Gasteiger partial charge on any atom is 0.301 e. The number of para-hydroxylation sites is 1. The molecule has 1 aromatic carbocycles. The Kier molecular flexibility index (Phi) is 3.10. The largest absolute Gasteiger partial charge is 0.490 e. The first-order valence-electron chi connectivity index (χ1n) is 5.10. The molecule has 4 nitrogen and oxygen atoms in total. The van der Waals surface area contributed by atoms with Crippen LogP contribution in [-0.2, 0) is 0 Å². The van der Waals surface area contributed by atoms with Gasteiger partial charge in [0, 0.05) is 0 Å². The Hall–Kier alpha value is -1.88. The van der Waals surface area contributed by atoms with Crippen molar-refractivity contribution in [1.29, 1.82) is 0 Å². The van der Waals surface area contributed by atoms with E-state index >= 15 is 0 Å². The van der Waals surface area contributed by atoms with Gasteiger partial charge in [-0.3, -0.25) is 9.36 Å². The van der Waals surface area contributed by atoms with E-state index in [-0.39, 0.29) is 11.3 Å². The fourth-order valence-corrected chi connectivity index (χ4v) is 2.02. The van der Waals surface area contributed by atoms with Gasteiger partial charge >= 0.3 is 5.56 Å². The molecule has 17 heavy (non-hydrogen) atoms. The second kappa shape index (κ2) is 4.55. The molecule has 1 heterocycles. The number of hydrogen-bond acceptors (Lipinski definition) is 3. The molecule has 5 heteroatoms. The highest BCUT2D eigenvalue weighted by Gasteiger charge is 2.10. The average molecular weight is 248 g/mol. The van der Waals surface area contributed by atoms with Crippen molar-refractivity contribution in [3.05, 3.63) is 51.2 Å². The van der Waals surface area contributed by atoms with Crippen LogP contribution < -0.4 is 10.3 Å². The lowest BCUT2D eigenvalue weighted by molar-refractivity contribution is 0.399. The smallest absolute Gasteiger partial charge is 0.301 e. The first-order chi connectivity index (χ1) is 8.15. The third-order valence-electron chi connectivity index (χ3n) is 2.45. The molecule has 88 valence electrons. The highest BCUT2D eigenvalue weighted by Crippen LogP contribution is 2.11. The molecule has 2 aromatic rings. The number of hydrogen-bond donors (Lipinski definition) is 1. The van der Waals surface area contributed by atoms with E-state index in [4.69, 9.17) is 17.0 Å². The number of aromatic nitrogens is 2. The van der Waals surface area contributed by atoms with Crippen LogP contribution in [0.2, 0.25) is 0 Å². The molecule has 0 fully saturated rings. The van der Waals surface area contributed by atoms with Gasteiger partial charge < -0.3 is 9.72 Å². The molecule has 0 aliphatic rings. The summed E-state index contributed by atoms with van der Waals surface area (Å²) in [6.45, 7) is 1.76. The Morgan fingerprint density at radius 3 is 2.53 bits per heavy atom. The van der Waals surface area contributed by atoms with Gasteiger partial charge in [-0.1, -0.05) is 18.2 Å². The number of ether oxygens (including phenoxy) is 1. The maximum atomic E-state index is 12.2. The van der Waals surface area contributed by atoms with Gasteiger partial charge in [0.1, 0.15) is 0 Å². The Bertz CT molecular complexity index is 644. The third-order valence-corrected chi connectivity index (χ3v) is 2.74. The number of aryl methyl sites for hydroxylation is 1. The predicted octanol–water partition coefficient (Wildman–Crippen LogP) is 2.21. The maximum absolute atomic E-state index is 12.2. The molecule has 0 bridgehead atoms. The van der Waals surface area contributed by atoms with Crippen molar-refractivity contribution < 1.29 is 4.74 Å². The normalized spacial score (nSPS) is 10.2. The first kappa shape index (κ1) is 11.6. The summed E-state index contributed by atoms with van der Waals surface area (Å²) in [6.07, 6.45) is 0. The van der Waals surface area contributed by atoms with Crippen molar-refractivity contribution in [2.75, 3.05) is 7.11 Å². The minimum Gasteiger partial charge on any atom is -0.490 e. The van der Waals surface area contributed by atoms with Gasteiger partial charge in [-0.15, -0.1) is 0 Å². The van der Waals surface area contributed by atoms with Crippen molar-refractivity contribution in [1.82, 2.24) is 9.55 Å². The van der Waals surface area contributed by atoms with Crippen LogP contribution in [0.4, 0.5) is 0 Å². The molecule has 0 saturated carbocycles. The zero-order chi connectivity index (χ0) is 12.4. The highest BCUT2D eigenvalue weighted by molar-refractivity contribution is 7.71. The molecule has 0 atom stereocenters. The number of benzene rings is 1. The summed E-state index contributed by atoms with van der Waals surface area (Å²) in [5.74, 6) is 0.280. The van der Waals surface area contributed by atoms with E-state index in [1.807, 2.05) is 30.3 Å². The quantitative estimate of drug-likeness (QED) is 0.829. The Morgan fingerprint density at radius 1 is 1.29 bits per heavy atom. The van der Waals surface area contributed by atoms with Gasteiger partial charge in [0.2, 0.25) is 5.75 Å². The molecule has 0 radical (unpaired) electrons. The summed E-state index contributed by atoms with van der Waals surface area (Å²) in [6, 6.07) is 9.22. The average Bonchev–Trinajstić information content (AvgIpc) is 2.30. The Labute approximate surface area is 104 Å². The number of methoxy groups -OCH3 is 1. The van der Waals surface area contributed by atoms with Gasteiger partial charge in [0.25, 0.3) is 0 Å².